The van der Waals surface area contributed by atoms with Crippen LogP contribution in [0.3, 0.4) is 0 Å². The molecule has 2 radical (unpaired) electrons. The summed E-state index contributed by atoms with van der Waals surface area (Å²) in [5.41, 5.74) is 1.25. The minimum absolute atomic E-state index is 0.363. The molecule has 0 spiro atoms. The summed E-state index contributed by atoms with van der Waals surface area (Å²) < 4.78 is 0. The summed E-state index contributed by atoms with van der Waals surface area (Å²) in [4.78, 5) is 0. The van der Waals surface area contributed by atoms with Crippen LogP contribution in [0, 0.1) is 6.42 Å². The second kappa shape index (κ2) is 17.0. The maximum absolute atomic E-state index is 3.52. The standard InChI is InChI=1S/C18H15P.C13H18N2.2HI.Pd/c1-4-10-16(11-5-1)19(17-12-6-2-7-13-17)18-14-8-3-9-15-18;1-4-14-11(2)10-12(3)15(14)13-8-6-5-7-9-13;;;/h1-15H;5-9,11-12H,4H2,1-3H3;2*1H;/q;;;;+2/p-2. The number of nitrogens with zero attached hydrogens (tertiary/aromatic N) is 2. The number of hydrazine groups is 1. The van der Waals surface area contributed by atoms with Gasteiger partial charge in [0.2, 0.25) is 0 Å². The van der Waals surface area contributed by atoms with Gasteiger partial charge in [0.25, 0.3) is 0 Å². The van der Waals surface area contributed by atoms with Crippen LogP contribution in [0.1, 0.15) is 20.8 Å². The van der Waals surface area contributed by atoms with Gasteiger partial charge in [0.05, 0.1) is 11.7 Å². The molecule has 6 heteroatoms. The Morgan fingerprint density at radius 1 is 0.649 bits per heavy atom. The number of para-hydroxylation sites is 1. The minimum atomic E-state index is -0.446. The van der Waals surface area contributed by atoms with Gasteiger partial charge in [0.1, 0.15) is 0 Å². The summed E-state index contributed by atoms with van der Waals surface area (Å²) in [6, 6.07) is 43.6. The van der Waals surface area contributed by atoms with Crippen molar-refractivity contribution in [1.29, 1.82) is 0 Å². The van der Waals surface area contributed by atoms with E-state index in [1.807, 2.05) is 0 Å². The SMILES string of the molecule is CCN1C(C)[C]C(C)N1c1ccccc1.[I][Pd][I].c1ccc(P(c2ccccc2)c2ccccc2)cc1. The first kappa shape index (κ1) is 30.7. The first-order valence-corrected chi connectivity index (χ1v) is 22.8. The van der Waals surface area contributed by atoms with E-state index in [1.165, 1.54) is 21.6 Å². The molecule has 5 rings (SSSR count). The van der Waals surface area contributed by atoms with Gasteiger partial charge in [-0.1, -0.05) is 116 Å². The monoisotopic (exact) mass is 824 g/mol. The normalized spacial score (nSPS) is 17.1. The molecule has 196 valence electrons. The largest absolute Gasteiger partial charge is 0.0622 e. The molecule has 0 bridgehead atoms. The van der Waals surface area contributed by atoms with E-state index < -0.39 is 7.92 Å². The van der Waals surface area contributed by atoms with Gasteiger partial charge in [-0.2, -0.15) is 0 Å². The zero-order valence-corrected chi connectivity index (χ0v) is 28.1. The topological polar surface area (TPSA) is 6.48 Å². The predicted molar refractivity (Wildman–Crippen MR) is 177 cm³/mol. The molecule has 2 nitrogen and oxygen atoms in total. The van der Waals surface area contributed by atoms with Gasteiger partial charge in [0.15, 0.2) is 0 Å². The van der Waals surface area contributed by atoms with Crippen LogP contribution in [0.25, 0.3) is 0 Å². The number of hydrogen-bond donors (Lipinski definition) is 0. The van der Waals surface area contributed by atoms with Gasteiger partial charge < -0.3 is 5.01 Å². The molecule has 2 atom stereocenters. The van der Waals surface area contributed by atoms with E-state index in [1.54, 1.807) is 0 Å². The van der Waals surface area contributed by atoms with Crippen LogP contribution in [-0.2, 0) is 10.8 Å². The fourth-order valence-electron chi connectivity index (χ4n) is 4.47. The summed E-state index contributed by atoms with van der Waals surface area (Å²) >= 11 is 4.65. The molecule has 0 aromatic heterocycles. The van der Waals surface area contributed by atoms with Gasteiger partial charge in [-0.25, -0.2) is 5.01 Å². The molecule has 2 unspecified atom stereocenters. The van der Waals surface area contributed by atoms with E-state index in [0.717, 1.165) is 17.3 Å². The molecule has 0 aliphatic carbocycles. The second-order valence-electron chi connectivity index (χ2n) is 8.34. The minimum Gasteiger partial charge on any atom is -0.0622 e. The van der Waals surface area contributed by atoms with Crippen LogP contribution < -0.4 is 20.9 Å². The van der Waals surface area contributed by atoms with Crippen LogP contribution in [0.2, 0.25) is 0 Å². The van der Waals surface area contributed by atoms with Crippen LogP contribution in [0.4, 0.5) is 5.69 Å². The molecular weight excluding hydrogens is 792 g/mol. The van der Waals surface area contributed by atoms with Crippen LogP contribution in [0.15, 0.2) is 121 Å². The van der Waals surface area contributed by atoms with Crippen molar-refractivity contribution >= 4 is 68.6 Å². The Hall–Kier alpha value is -0.808. The Bertz CT molecular complexity index is 1040. The third kappa shape index (κ3) is 9.12. The fraction of sp³-hybridized carbons (Fsp3) is 0.194. The van der Waals surface area contributed by atoms with E-state index in [9.17, 15) is 0 Å². The Kier molecular flexibility index (Phi) is 14.1. The first-order valence-electron chi connectivity index (χ1n) is 12.2. The number of anilines is 1. The molecule has 0 amide bonds. The maximum atomic E-state index is 3.52. The van der Waals surface area contributed by atoms with Crippen LogP contribution in [-0.4, -0.2) is 23.6 Å². The molecule has 1 heterocycles. The van der Waals surface area contributed by atoms with Gasteiger partial charge in [0, 0.05) is 19.0 Å². The second-order valence-corrected chi connectivity index (χ2v) is 22.5. The van der Waals surface area contributed by atoms with E-state index in [-0.39, 0.29) is 0 Å². The number of benzene rings is 4. The van der Waals surface area contributed by atoms with Gasteiger partial charge >= 0.3 is 49.8 Å². The van der Waals surface area contributed by atoms with Crippen molar-refractivity contribution < 1.29 is 10.8 Å². The number of hydrogen-bond acceptors (Lipinski definition) is 2. The van der Waals surface area contributed by atoms with Crippen molar-refractivity contribution in [3.8, 4) is 0 Å². The van der Waals surface area contributed by atoms with E-state index in [0.29, 0.717) is 12.1 Å². The molecule has 4 aromatic carbocycles. The van der Waals surface area contributed by atoms with Gasteiger partial charge in [-0.3, -0.25) is 0 Å². The molecule has 1 aliphatic heterocycles. The summed E-state index contributed by atoms with van der Waals surface area (Å²) in [7, 11) is 0.444. The quantitative estimate of drug-likeness (QED) is 0.115. The van der Waals surface area contributed by atoms with E-state index in [4.69, 9.17) is 0 Å². The van der Waals surface area contributed by atoms with Crippen molar-refractivity contribution in [3.63, 3.8) is 0 Å². The van der Waals surface area contributed by atoms with Crippen molar-refractivity contribution in [2.45, 2.75) is 32.9 Å². The Labute approximate surface area is 254 Å². The maximum Gasteiger partial charge on any atom is -0.0134 e. The molecular formula is C31H33I2N2PPd. The van der Waals surface area contributed by atoms with E-state index >= 15 is 0 Å². The van der Waals surface area contributed by atoms with Crippen molar-refractivity contribution in [2.24, 2.45) is 0 Å². The molecule has 1 aliphatic rings. The molecule has 0 N–H and O–H groups in total. The third-order valence-corrected chi connectivity index (χ3v) is 8.40. The van der Waals surface area contributed by atoms with Crippen LogP contribution in [0.5, 0.6) is 0 Å². The van der Waals surface area contributed by atoms with Gasteiger partial charge in [-0.05, 0) is 49.8 Å². The summed E-state index contributed by atoms with van der Waals surface area (Å²) in [6.45, 7) is 7.60. The molecule has 1 fully saturated rings. The Morgan fingerprint density at radius 2 is 1.00 bits per heavy atom. The smallest absolute Gasteiger partial charge is 0.0134 e. The van der Waals surface area contributed by atoms with Crippen LogP contribution >= 0.6 is 47.0 Å². The number of halogens is 2. The zero-order valence-electron chi connectivity index (χ0n) is 21.3. The average molecular weight is 825 g/mol. The third-order valence-electron chi connectivity index (χ3n) is 5.96. The molecule has 1 saturated heterocycles. The number of rotatable bonds is 5. The fourth-order valence-corrected chi connectivity index (χ4v) is 6.78. The van der Waals surface area contributed by atoms with Crippen molar-refractivity contribution in [2.75, 3.05) is 11.6 Å². The predicted octanol–water partition coefficient (Wildman–Crippen LogP) is 7.82. The Morgan fingerprint density at radius 3 is 1.35 bits per heavy atom. The molecule has 37 heavy (non-hydrogen) atoms. The summed E-state index contributed by atoms with van der Waals surface area (Å²) in [5, 5.41) is 8.87. The molecule has 0 saturated carbocycles. The molecule has 4 aromatic rings. The van der Waals surface area contributed by atoms with Gasteiger partial charge in [-0.15, -0.1) is 0 Å². The zero-order chi connectivity index (χ0) is 26.5. The van der Waals surface area contributed by atoms with Crippen molar-refractivity contribution in [3.05, 3.63) is 128 Å². The average Bonchev–Trinajstić information content (AvgIpc) is 3.24. The van der Waals surface area contributed by atoms with Crippen molar-refractivity contribution in [1.82, 2.24) is 5.01 Å². The Balaban J connectivity index is 0.000000190. The van der Waals surface area contributed by atoms with E-state index in [2.05, 4.69) is 198 Å². The first-order chi connectivity index (χ1) is 18.1. The summed E-state index contributed by atoms with van der Waals surface area (Å²) in [6.07, 6.45) is 3.52. The summed E-state index contributed by atoms with van der Waals surface area (Å²) in [5.74, 6) is 0.